The predicted molar refractivity (Wildman–Crippen MR) is 195 cm³/mol. The molecule has 0 bridgehead atoms. The molecular weight excluding hydrogens is 755 g/mol. The number of hydrogen-bond acceptors (Lipinski definition) is 12. The molecule has 0 unspecified atom stereocenters. The van der Waals surface area contributed by atoms with Gasteiger partial charge in [0.05, 0.1) is 22.7 Å². The summed E-state index contributed by atoms with van der Waals surface area (Å²) in [6, 6.07) is 25.3. The van der Waals surface area contributed by atoms with Gasteiger partial charge < -0.3 is 20.8 Å². The fraction of sp³-hybridized carbons (Fsp3) is 0.111. The molecule has 6 aromatic rings. The van der Waals surface area contributed by atoms with Crippen LogP contribution in [0.15, 0.2) is 127 Å². The SMILES string of the molecule is CCNc1ccc2cc(S(=O)(=O)O)c(N=Nc3ccc(-c4ccc(N=Nc5c(S(=O)(=O)O)cc6ccc(NCC)cc6c5[O-])cc4)cc3)c([O-])c2c1.[Na+].[Na+]. The zero-order valence-electron chi connectivity index (χ0n) is 29.6. The Morgan fingerprint density at radius 2 is 0.889 bits per heavy atom. The summed E-state index contributed by atoms with van der Waals surface area (Å²) in [4.78, 5) is -1.31. The van der Waals surface area contributed by atoms with Crippen molar-refractivity contribution in [3.63, 3.8) is 0 Å². The van der Waals surface area contributed by atoms with Gasteiger partial charge in [0, 0.05) is 24.5 Å². The van der Waals surface area contributed by atoms with Crippen molar-refractivity contribution in [3.05, 3.63) is 97.1 Å². The molecule has 266 valence electrons. The van der Waals surface area contributed by atoms with E-state index in [1.165, 1.54) is 12.1 Å². The van der Waals surface area contributed by atoms with Crippen molar-refractivity contribution < 1.29 is 95.3 Å². The van der Waals surface area contributed by atoms with Crippen LogP contribution in [0, 0.1) is 0 Å². The van der Waals surface area contributed by atoms with E-state index >= 15 is 0 Å². The van der Waals surface area contributed by atoms with Crippen LogP contribution in [0.3, 0.4) is 0 Å². The van der Waals surface area contributed by atoms with Crippen LogP contribution in [0.1, 0.15) is 13.8 Å². The summed E-state index contributed by atoms with van der Waals surface area (Å²) in [7, 11) is -9.60. The summed E-state index contributed by atoms with van der Waals surface area (Å²) in [5.74, 6) is -1.41. The molecule has 0 fully saturated rings. The minimum atomic E-state index is -4.80. The number of benzene rings is 6. The average Bonchev–Trinajstić information content (AvgIpc) is 3.11. The monoisotopic (exact) mass is 784 g/mol. The molecule has 18 heteroatoms. The second kappa shape index (κ2) is 17.7. The van der Waals surface area contributed by atoms with Crippen LogP contribution in [0.4, 0.5) is 34.1 Å². The molecular formula is C36H30N6Na2O8S2. The van der Waals surface area contributed by atoms with Gasteiger partial charge in [0.25, 0.3) is 20.2 Å². The third-order valence-corrected chi connectivity index (χ3v) is 9.72. The molecule has 0 spiro atoms. The van der Waals surface area contributed by atoms with E-state index in [0.29, 0.717) is 46.6 Å². The van der Waals surface area contributed by atoms with E-state index in [-0.39, 0.29) is 69.9 Å². The first-order valence-corrected chi connectivity index (χ1v) is 18.7. The van der Waals surface area contributed by atoms with E-state index in [1.807, 2.05) is 13.8 Å². The molecule has 54 heavy (non-hydrogen) atoms. The number of azo groups is 2. The van der Waals surface area contributed by atoms with Gasteiger partial charge >= 0.3 is 59.1 Å². The third kappa shape index (κ3) is 9.46. The summed E-state index contributed by atoms with van der Waals surface area (Å²) >= 11 is 0. The van der Waals surface area contributed by atoms with Crippen LogP contribution in [0.2, 0.25) is 0 Å². The summed E-state index contributed by atoms with van der Waals surface area (Å²) < 4.78 is 68.3. The standard InChI is InChI=1S/C36H32N6O8S2.2Na/c1-3-37-27-15-9-23-17-31(51(45,46)47)33(35(43)29(23)19-27)41-39-25-11-5-21(6-12-25)22-7-13-26(14-8-22)40-42-34-32(52(48,49)50)18-24-10-16-28(38-4-2)20-30(24)36(34)44;;/h5-20,37-38,43-44H,3-4H2,1-2H3,(H,45,46,47)(H,48,49,50);;/q;2*+1/p-2. The van der Waals surface area contributed by atoms with Gasteiger partial charge in [-0.05, 0) is 107 Å². The molecule has 0 aliphatic carbocycles. The first kappa shape index (κ1) is 42.8. The van der Waals surface area contributed by atoms with Crippen molar-refractivity contribution in [1.29, 1.82) is 0 Å². The topological polar surface area (TPSA) is 228 Å². The van der Waals surface area contributed by atoms with Gasteiger partial charge in [-0.1, -0.05) is 47.9 Å². The van der Waals surface area contributed by atoms with E-state index in [4.69, 9.17) is 0 Å². The number of rotatable bonds is 11. The minimum absolute atomic E-state index is 0. The minimum Gasteiger partial charge on any atom is -0.871 e. The third-order valence-electron chi connectivity index (χ3n) is 7.98. The van der Waals surface area contributed by atoms with E-state index < -0.39 is 52.9 Å². The molecule has 0 saturated carbocycles. The summed E-state index contributed by atoms with van der Waals surface area (Å²) in [5, 5.41) is 49.8. The summed E-state index contributed by atoms with van der Waals surface area (Å²) in [6.07, 6.45) is 0. The van der Waals surface area contributed by atoms with Crippen LogP contribution in [-0.4, -0.2) is 39.0 Å². The molecule has 0 amide bonds. The Labute approximate surface area is 355 Å². The van der Waals surface area contributed by atoms with Crippen molar-refractivity contribution in [2.24, 2.45) is 20.5 Å². The quantitative estimate of drug-likeness (QED) is 0.0849. The second-order valence-corrected chi connectivity index (χ2v) is 14.3. The Morgan fingerprint density at radius 1 is 0.537 bits per heavy atom. The van der Waals surface area contributed by atoms with Gasteiger partial charge in [0.2, 0.25) is 0 Å². The zero-order valence-corrected chi connectivity index (χ0v) is 35.2. The molecule has 14 nitrogen and oxygen atoms in total. The Bertz CT molecular complexity index is 2440. The Hall–Kier alpha value is -3.94. The molecule has 0 radical (unpaired) electrons. The van der Waals surface area contributed by atoms with E-state index in [2.05, 4.69) is 31.1 Å². The van der Waals surface area contributed by atoms with E-state index in [1.54, 1.807) is 84.9 Å². The predicted octanol–water partition coefficient (Wildman–Crippen LogP) is 2.00. The van der Waals surface area contributed by atoms with Gasteiger partial charge in [-0.15, -0.1) is 10.2 Å². The van der Waals surface area contributed by atoms with Gasteiger partial charge in [-0.2, -0.15) is 27.1 Å². The Morgan fingerprint density at radius 3 is 1.20 bits per heavy atom. The Balaban J connectivity index is 0.00000325. The molecule has 0 saturated heterocycles. The normalized spacial score (nSPS) is 11.9. The van der Waals surface area contributed by atoms with Crippen molar-refractivity contribution in [3.8, 4) is 22.6 Å². The molecule has 6 rings (SSSR count). The molecule has 6 aromatic carbocycles. The molecule has 0 aliphatic rings. The maximum absolute atomic E-state index is 13.3. The van der Waals surface area contributed by atoms with Crippen molar-refractivity contribution in [2.75, 3.05) is 23.7 Å². The van der Waals surface area contributed by atoms with E-state index in [0.717, 1.165) is 11.1 Å². The maximum Gasteiger partial charge on any atom is 1.00 e. The number of hydrogen-bond donors (Lipinski definition) is 4. The van der Waals surface area contributed by atoms with Crippen LogP contribution in [0.5, 0.6) is 11.5 Å². The first-order chi connectivity index (χ1) is 24.8. The van der Waals surface area contributed by atoms with Crippen molar-refractivity contribution >= 4 is 75.9 Å². The molecule has 4 N–H and O–H groups in total. The van der Waals surface area contributed by atoms with Gasteiger partial charge in [0.1, 0.15) is 9.79 Å². The number of nitrogens with one attached hydrogen (secondary N) is 2. The fourth-order valence-corrected chi connectivity index (χ4v) is 6.83. The van der Waals surface area contributed by atoms with E-state index in [9.17, 15) is 36.2 Å². The maximum atomic E-state index is 13.3. The Kier molecular flexibility index (Phi) is 14.0. The van der Waals surface area contributed by atoms with Crippen LogP contribution >= 0.6 is 0 Å². The van der Waals surface area contributed by atoms with Crippen molar-refractivity contribution in [2.45, 2.75) is 23.6 Å². The molecule has 0 aromatic heterocycles. The van der Waals surface area contributed by atoms with Crippen LogP contribution in [-0.2, 0) is 20.2 Å². The summed E-state index contributed by atoms with van der Waals surface area (Å²) in [6.45, 7) is 4.99. The fourth-order valence-electron chi connectivity index (χ4n) is 5.52. The average molecular weight is 785 g/mol. The summed E-state index contributed by atoms with van der Waals surface area (Å²) in [5.41, 5.74) is 2.36. The smallest absolute Gasteiger partial charge is 0.871 e. The van der Waals surface area contributed by atoms with Crippen LogP contribution in [0.25, 0.3) is 32.7 Å². The van der Waals surface area contributed by atoms with Gasteiger partial charge in [-0.3, -0.25) is 9.11 Å². The molecule has 0 atom stereocenters. The first-order valence-electron chi connectivity index (χ1n) is 15.8. The molecule has 0 aliphatic heterocycles. The number of anilines is 2. The zero-order chi connectivity index (χ0) is 37.2. The van der Waals surface area contributed by atoms with Gasteiger partial charge in [-0.25, -0.2) is 0 Å². The van der Waals surface area contributed by atoms with Crippen molar-refractivity contribution in [1.82, 2.24) is 0 Å². The van der Waals surface area contributed by atoms with Crippen LogP contribution < -0.4 is 80.0 Å². The number of fused-ring (bicyclic) bond motifs is 2. The molecule has 0 heterocycles. The second-order valence-electron chi connectivity index (χ2n) is 11.5. The van der Waals surface area contributed by atoms with Gasteiger partial charge in [0.15, 0.2) is 0 Å². The number of nitrogens with zero attached hydrogens (tertiary/aromatic N) is 4. The largest absolute Gasteiger partial charge is 1.00 e.